The van der Waals surface area contributed by atoms with Crippen molar-refractivity contribution in [3.05, 3.63) is 33.8 Å². The Balaban J connectivity index is 1.81. The molecule has 104 valence electrons. The highest BCUT2D eigenvalue weighted by atomic mass is 79.9. The van der Waals surface area contributed by atoms with Crippen LogP contribution in [0.5, 0.6) is 5.75 Å². The highest BCUT2D eigenvalue weighted by Gasteiger charge is 2.51. The fourth-order valence-corrected chi connectivity index (χ4v) is 2.47. The van der Waals surface area contributed by atoms with Crippen molar-refractivity contribution in [2.45, 2.75) is 18.4 Å². The van der Waals surface area contributed by atoms with Gasteiger partial charge in [-0.15, -0.1) is 0 Å². The standard InChI is InChI=1S/C14H12BrNO4/c15-10-1-2-11-8(6-10)5-9(7-20-11)12(17)16-14(3-4-14)13(18)19/h1-2,5-6H,3-4,7H2,(H,16,17)(H,18,19). The molecule has 1 aliphatic heterocycles. The molecule has 3 rings (SSSR count). The number of halogens is 1. The Morgan fingerprint density at radius 2 is 2.10 bits per heavy atom. The molecule has 0 aromatic heterocycles. The first kappa shape index (κ1) is 13.2. The zero-order valence-electron chi connectivity index (χ0n) is 10.5. The Morgan fingerprint density at radius 3 is 2.75 bits per heavy atom. The lowest BCUT2D eigenvalue weighted by Gasteiger charge is -2.19. The second-order valence-electron chi connectivity index (χ2n) is 4.98. The molecule has 0 unspecified atom stereocenters. The first-order chi connectivity index (χ1) is 9.50. The molecule has 1 heterocycles. The van der Waals surface area contributed by atoms with Gasteiger partial charge < -0.3 is 15.2 Å². The predicted molar refractivity (Wildman–Crippen MR) is 75.4 cm³/mol. The molecule has 2 N–H and O–H groups in total. The Hall–Kier alpha value is -1.82. The van der Waals surface area contributed by atoms with Crippen LogP contribution in [0.2, 0.25) is 0 Å². The Bertz CT molecular complexity index is 634. The van der Waals surface area contributed by atoms with E-state index in [1.54, 1.807) is 6.08 Å². The van der Waals surface area contributed by atoms with Gasteiger partial charge in [0.1, 0.15) is 17.9 Å². The van der Waals surface area contributed by atoms with Crippen molar-refractivity contribution in [3.8, 4) is 5.75 Å². The van der Waals surface area contributed by atoms with Crippen LogP contribution in [0.15, 0.2) is 28.2 Å². The van der Waals surface area contributed by atoms with E-state index in [9.17, 15) is 9.59 Å². The number of ether oxygens (including phenoxy) is 1. The number of amides is 1. The fraction of sp³-hybridized carbons (Fsp3) is 0.286. The topological polar surface area (TPSA) is 75.6 Å². The van der Waals surface area contributed by atoms with E-state index in [1.807, 2.05) is 18.2 Å². The number of carboxylic acid groups (broad SMARTS) is 1. The van der Waals surface area contributed by atoms with Crippen LogP contribution >= 0.6 is 15.9 Å². The largest absolute Gasteiger partial charge is 0.488 e. The fourth-order valence-electron chi connectivity index (χ4n) is 2.09. The van der Waals surface area contributed by atoms with E-state index < -0.39 is 11.5 Å². The SMILES string of the molecule is O=C(NC1(C(=O)O)CC1)C1=Cc2cc(Br)ccc2OC1. The number of benzene rings is 1. The maximum Gasteiger partial charge on any atom is 0.329 e. The molecule has 0 bridgehead atoms. The number of nitrogens with one attached hydrogen (secondary N) is 1. The lowest BCUT2D eigenvalue weighted by atomic mass is 10.1. The lowest BCUT2D eigenvalue weighted by molar-refractivity contribution is -0.142. The minimum Gasteiger partial charge on any atom is -0.488 e. The number of rotatable bonds is 3. The van der Waals surface area contributed by atoms with Gasteiger partial charge >= 0.3 is 5.97 Å². The van der Waals surface area contributed by atoms with Gasteiger partial charge in [0.25, 0.3) is 5.91 Å². The minimum atomic E-state index is -1.07. The normalized spacial score (nSPS) is 18.4. The molecule has 2 aliphatic rings. The molecule has 0 radical (unpaired) electrons. The molecule has 1 aliphatic carbocycles. The first-order valence-electron chi connectivity index (χ1n) is 6.19. The molecule has 1 aromatic rings. The van der Waals surface area contributed by atoms with Crippen molar-refractivity contribution in [1.29, 1.82) is 0 Å². The molecule has 6 heteroatoms. The summed E-state index contributed by atoms with van der Waals surface area (Å²) in [6.07, 6.45) is 2.69. The van der Waals surface area contributed by atoms with E-state index in [4.69, 9.17) is 9.84 Å². The number of carbonyl (C=O) groups is 2. The van der Waals surface area contributed by atoms with Crippen LogP contribution in [-0.4, -0.2) is 29.1 Å². The first-order valence-corrected chi connectivity index (χ1v) is 6.98. The summed E-state index contributed by atoms with van der Waals surface area (Å²) >= 11 is 3.36. The van der Waals surface area contributed by atoms with Crippen LogP contribution in [0.3, 0.4) is 0 Å². The summed E-state index contributed by atoms with van der Waals surface area (Å²) in [5.74, 6) is -0.647. The second kappa shape index (κ2) is 4.63. The number of aliphatic carboxylic acids is 1. The van der Waals surface area contributed by atoms with Gasteiger partial charge in [0, 0.05) is 10.0 Å². The van der Waals surface area contributed by atoms with Crippen LogP contribution in [0.25, 0.3) is 6.08 Å². The third-order valence-electron chi connectivity index (χ3n) is 3.49. The van der Waals surface area contributed by atoms with Gasteiger partial charge in [-0.25, -0.2) is 4.79 Å². The minimum absolute atomic E-state index is 0.149. The average Bonchev–Trinajstić information content (AvgIpc) is 3.18. The number of carboxylic acids is 1. The van der Waals surface area contributed by atoms with Gasteiger partial charge in [-0.3, -0.25) is 4.79 Å². The Labute approximate surface area is 123 Å². The molecule has 1 amide bonds. The van der Waals surface area contributed by atoms with Gasteiger partial charge in [0.05, 0.1) is 5.57 Å². The number of hydrogen-bond acceptors (Lipinski definition) is 3. The predicted octanol–water partition coefficient (Wildman–Crippen LogP) is 1.96. The van der Waals surface area contributed by atoms with E-state index in [0.717, 1.165) is 10.0 Å². The Kier molecular flexibility index (Phi) is 3.05. The Morgan fingerprint density at radius 1 is 1.35 bits per heavy atom. The molecule has 5 nitrogen and oxygen atoms in total. The van der Waals surface area contributed by atoms with Gasteiger partial charge in [-0.05, 0) is 37.1 Å². The van der Waals surface area contributed by atoms with Crippen molar-refractivity contribution in [2.24, 2.45) is 0 Å². The van der Waals surface area contributed by atoms with Crippen molar-refractivity contribution >= 4 is 33.9 Å². The van der Waals surface area contributed by atoms with Crippen LogP contribution in [0.1, 0.15) is 18.4 Å². The summed E-state index contributed by atoms with van der Waals surface area (Å²) in [6.45, 7) is 0.149. The summed E-state index contributed by atoms with van der Waals surface area (Å²) < 4.78 is 6.40. The summed E-state index contributed by atoms with van der Waals surface area (Å²) in [7, 11) is 0. The van der Waals surface area contributed by atoms with Crippen LogP contribution in [0, 0.1) is 0 Å². The van der Waals surface area contributed by atoms with Gasteiger partial charge in [-0.2, -0.15) is 0 Å². The average molecular weight is 338 g/mol. The van der Waals surface area contributed by atoms with Crippen molar-refractivity contribution in [1.82, 2.24) is 5.32 Å². The summed E-state index contributed by atoms with van der Waals surface area (Å²) in [5, 5.41) is 11.7. The summed E-state index contributed by atoms with van der Waals surface area (Å²) in [5.41, 5.74) is 0.161. The molecule has 0 spiro atoms. The van der Waals surface area contributed by atoms with Crippen molar-refractivity contribution < 1.29 is 19.4 Å². The molecule has 1 fully saturated rings. The molecular weight excluding hydrogens is 326 g/mol. The number of carbonyl (C=O) groups excluding carboxylic acids is 1. The second-order valence-corrected chi connectivity index (χ2v) is 5.90. The molecule has 1 aromatic carbocycles. The molecule has 1 saturated carbocycles. The van der Waals surface area contributed by atoms with Gasteiger partial charge in [-0.1, -0.05) is 15.9 Å². The highest BCUT2D eigenvalue weighted by molar-refractivity contribution is 9.10. The third kappa shape index (κ3) is 2.31. The summed E-state index contributed by atoms with van der Waals surface area (Å²) in [6, 6.07) is 5.54. The molecule has 0 atom stereocenters. The van der Waals surface area contributed by atoms with Crippen molar-refractivity contribution in [3.63, 3.8) is 0 Å². The van der Waals surface area contributed by atoms with Crippen LogP contribution in [-0.2, 0) is 9.59 Å². The smallest absolute Gasteiger partial charge is 0.329 e. The van der Waals surface area contributed by atoms with Gasteiger partial charge in [0.15, 0.2) is 0 Å². The van der Waals surface area contributed by atoms with E-state index in [2.05, 4.69) is 21.2 Å². The maximum atomic E-state index is 12.1. The van der Waals surface area contributed by atoms with Gasteiger partial charge in [0.2, 0.25) is 0 Å². The third-order valence-corrected chi connectivity index (χ3v) is 3.98. The lowest BCUT2D eigenvalue weighted by Crippen LogP contribution is -2.44. The van der Waals surface area contributed by atoms with E-state index in [0.29, 0.717) is 24.2 Å². The quantitative estimate of drug-likeness (QED) is 0.883. The number of fused-ring (bicyclic) bond motifs is 1. The van der Waals surface area contributed by atoms with Crippen molar-refractivity contribution in [2.75, 3.05) is 6.61 Å². The zero-order chi connectivity index (χ0) is 14.3. The zero-order valence-corrected chi connectivity index (χ0v) is 12.1. The summed E-state index contributed by atoms with van der Waals surface area (Å²) in [4.78, 5) is 23.2. The highest BCUT2D eigenvalue weighted by Crippen LogP contribution is 2.36. The van der Waals surface area contributed by atoms with E-state index >= 15 is 0 Å². The van der Waals surface area contributed by atoms with E-state index in [-0.39, 0.29) is 12.5 Å². The molecule has 20 heavy (non-hydrogen) atoms. The number of hydrogen-bond donors (Lipinski definition) is 2. The molecular formula is C14H12BrNO4. The van der Waals surface area contributed by atoms with Crippen LogP contribution in [0.4, 0.5) is 0 Å². The maximum absolute atomic E-state index is 12.1. The van der Waals surface area contributed by atoms with Crippen LogP contribution < -0.4 is 10.1 Å². The molecule has 0 saturated heterocycles. The monoisotopic (exact) mass is 337 g/mol. The van der Waals surface area contributed by atoms with E-state index in [1.165, 1.54) is 0 Å².